The van der Waals surface area contributed by atoms with Crippen molar-refractivity contribution in [3.63, 3.8) is 0 Å². The summed E-state index contributed by atoms with van der Waals surface area (Å²) in [5, 5.41) is 17.8. The molecule has 0 spiro atoms. The molecule has 0 unspecified atom stereocenters. The Kier molecular flexibility index (Phi) is 7.35. The number of pyridine rings is 1. The molecule has 0 aliphatic heterocycles. The van der Waals surface area contributed by atoms with Crippen molar-refractivity contribution in [3.05, 3.63) is 67.5 Å². The van der Waals surface area contributed by atoms with Gasteiger partial charge in [0, 0.05) is 36.7 Å². The molecule has 2 heterocycles. The summed E-state index contributed by atoms with van der Waals surface area (Å²) in [6, 6.07) is 15.2. The average molecular weight is 419 g/mol. The van der Waals surface area contributed by atoms with E-state index in [9.17, 15) is 4.79 Å². The van der Waals surface area contributed by atoms with Crippen LogP contribution in [0.1, 0.15) is 13.3 Å². The third-order valence-electron chi connectivity index (χ3n) is 4.38. The summed E-state index contributed by atoms with van der Waals surface area (Å²) in [6.07, 6.45) is 5.44. The van der Waals surface area contributed by atoms with Crippen molar-refractivity contribution in [2.75, 3.05) is 11.4 Å². The number of nitriles is 1. The lowest BCUT2D eigenvalue weighted by molar-refractivity contribution is -0.117. The number of allylic oxidation sites excluding steroid dienone is 1. The molecule has 3 rings (SSSR count). The van der Waals surface area contributed by atoms with Crippen molar-refractivity contribution in [1.82, 2.24) is 19.7 Å². The van der Waals surface area contributed by atoms with Gasteiger partial charge in [0.1, 0.15) is 0 Å². The number of rotatable bonds is 9. The van der Waals surface area contributed by atoms with Gasteiger partial charge >= 0.3 is 0 Å². The van der Waals surface area contributed by atoms with Gasteiger partial charge in [0.05, 0.1) is 17.7 Å². The normalized spacial score (nSPS) is 11.5. The molecular weight excluding hydrogens is 396 g/mol. The third kappa shape index (κ3) is 4.93. The summed E-state index contributed by atoms with van der Waals surface area (Å²) in [4.78, 5) is 18.9. The van der Waals surface area contributed by atoms with E-state index in [1.807, 2.05) is 54.0 Å². The Morgan fingerprint density at radius 1 is 1.27 bits per heavy atom. The highest BCUT2D eigenvalue weighted by atomic mass is 32.2. The van der Waals surface area contributed by atoms with Crippen LogP contribution in [0.5, 0.6) is 0 Å². The van der Waals surface area contributed by atoms with Crippen molar-refractivity contribution in [2.45, 2.75) is 30.3 Å². The molecule has 0 saturated heterocycles. The zero-order chi connectivity index (χ0) is 21.3. The zero-order valence-electron chi connectivity index (χ0n) is 16.7. The highest BCUT2D eigenvalue weighted by molar-refractivity contribution is 8.00. The first-order valence-electron chi connectivity index (χ1n) is 9.50. The van der Waals surface area contributed by atoms with E-state index >= 15 is 0 Å². The average Bonchev–Trinajstić information content (AvgIpc) is 3.17. The van der Waals surface area contributed by atoms with E-state index in [0.717, 1.165) is 11.3 Å². The van der Waals surface area contributed by atoms with E-state index in [1.54, 1.807) is 23.4 Å². The molecule has 152 valence electrons. The second kappa shape index (κ2) is 10.4. The molecule has 0 aliphatic rings. The van der Waals surface area contributed by atoms with Gasteiger partial charge in [-0.05, 0) is 31.2 Å². The number of amides is 1. The fraction of sp³-hybridized carbons (Fsp3) is 0.227. The number of thioether (sulfide) groups is 1. The van der Waals surface area contributed by atoms with Crippen molar-refractivity contribution in [3.8, 4) is 17.5 Å². The Balaban J connectivity index is 1.84. The van der Waals surface area contributed by atoms with Gasteiger partial charge in [0.25, 0.3) is 0 Å². The standard InChI is InChI=1S/C22H22N6OS/c1-3-15-28-20(18-10-13-24-14-11-18)25-26-22(28)30-17(2)21(29)27(16-7-12-23)19-8-5-4-6-9-19/h3-6,8-11,13-14,17H,1,7,15-16H2,2H3/t17-/m1/s1. The predicted octanol–water partition coefficient (Wildman–Crippen LogP) is 3.95. The molecular formula is C22H22N6OS. The van der Waals surface area contributed by atoms with Crippen LogP contribution in [0.15, 0.2) is 72.7 Å². The molecule has 0 radical (unpaired) electrons. The summed E-state index contributed by atoms with van der Waals surface area (Å²) in [6.45, 7) is 6.52. The maximum absolute atomic E-state index is 13.2. The molecule has 1 amide bonds. The van der Waals surface area contributed by atoms with E-state index < -0.39 is 5.25 Å². The Labute approximate surface area is 180 Å². The SMILES string of the molecule is C=CCn1c(S[C@H](C)C(=O)N(CCC#N)c2ccccc2)nnc1-c1ccncc1. The summed E-state index contributed by atoms with van der Waals surface area (Å²) in [7, 11) is 0. The number of nitrogens with zero attached hydrogens (tertiary/aromatic N) is 6. The van der Waals surface area contributed by atoms with Gasteiger partial charge in [-0.25, -0.2) is 0 Å². The summed E-state index contributed by atoms with van der Waals surface area (Å²) in [5.74, 6) is 0.615. The molecule has 7 nitrogen and oxygen atoms in total. The molecule has 1 aromatic carbocycles. The topological polar surface area (TPSA) is 87.7 Å². The van der Waals surface area contributed by atoms with Gasteiger partial charge in [-0.3, -0.25) is 14.3 Å². The molecule has 8 heteroatoms. The van der Waals surface area contributed by atoms with Crippen LogP contribution in [-0.2, 0) is 11.3 Å². The number of aromatic nitrogens is 4. The van der Waals surface area contributed by atoms with Crippen LogP contribution < -0.4 is 4.90 Å². The first-order valence-corrected chi connectivity index (χ1v) is 10.4. The fourth-order valence-corrected chi connectivity index (χ4v) is 3.87. The minimum atomic E-state index is -0.415. The minimum absolute atomic E-state index is 0.0833. The molecule has 0 saturated carbocycles. The van der Waals surface area contributed by atoms with Crippen LogP contribution in [0.25, 0.3) is 11.4 Å². The number of carbonyl (C=O) groups excluding carboxylic acids is 1. The Bertz CT molecular complexity index is 1030. The van der Waals surface area contributed by atoms with Crippen LogP contribution in [0.3, 0.4) is 0 Å². The number of hydrogen-bond acceptors (Lipinski definition) is 6. The van der Waals surface area contributed by atoms with Crippen LogP contribution >= 0.6 is 11.8 Å². The van der Waals surface area contributed by atoms with Crippen LogP contribution in [-0.4, -0.2) is 37.5 Å². The Morgan fingerprint density at radius 2 is 2.00 bits per heavy atom. The molecule has 0 aliphatic carbocycles. The Morgan fingerprint density at radius 3 is 2.67 bits per heavy atom. The minimum Gasteiger partial charge on any atom is -0.310 e. The summed E-state index contributed by atoms with van der Waals surface area (Å²) >= 11 is 1.34. The van der Waals surface area contributed by atoms with E-state index in [0.29, 0.717) is 24.1 Å². The predicted molar refractivity (Wildman–Crippen MR) is 118 cm³/mol. The van der Waals surface area contributed by atoms with Crippen molar-refractivity contribution in [2.24, 2.45) is 0 Å². The fourth-order valence-electron chi connectivity index (χ4n) is 2.95. The summed E-state index contributed by atoms with van der Waals surface area (Å²) in [5.41, 5.74) is 1.67. The maximum atomic E-state index is 13.2. The highest BCUT2D eigenvalue weighted by Crippen LogP contribution is 2.28. The van der Waals surface area contributed by atoms with Gasteiger partial charge in [-0.1, -0.05) is 36.0 Å². The van der Waals surface area contributed by atoms with E-state index in [-0.39, 0.29) is 12.3 Å². The van der Waals surface area contributed by atoms with Crippen LogP contribution in [0.4, 0.5) is 5.69 Å². The highest BCUT2D eigenvalue weighted by Gasteiger charge is 2.25. The smallest absolute Gasteiger partial charge is 0.240 e. The van der Waals surface area contributed by atoms with Gasteiger partial charge in [-0.2, -0.15) is 5.26 Å². The molecule has 2 aromatic heterocycles. The first-order chi connectivity index (χ1) is 14.7. The van der Waals surface area contributed by atoms with E-state index in [4.69, 9.17) is 5.26 Å². The lowest BCUT2D eigenvalue weighted by atomic mass is 10.2. The van der Waals surface area contributed by atoms with E-state index in [2.05, 4.69) is 27.8 Å². The molecule has 0 N–H and O–H groups in total. The Hall–Kier alpha value is -3.44. The second-order valence-electron chi connectivity index (χ2n) is 6.43. The molecule has 30 heavy (non-hydrogen) atoms. The quantitative estimate of drug-likeness (QED) is 0.386. The van der Waals surface area contributed by atoms with Crippen LogP contribution in [0.2, 0.25) is 0 Å². The zero-order valence-corrected chi connectivity index (χ0v) is 17.5. The second-order valence-corrected chi connectivity index (χ2v) is 7.74. The monoisotopic (exact) mass is 418 g/mol. The lowest BCUT2D eigenvalue weighted by Crippen LogP contribution is -2.37. The number of para-hydroxylation sites is 1. The number of hydrogen-bond donors (Lipinski definition) is 0. The van der Waals surface area contributed by atoms with Crippen molar-refractivity contribution >= 4 is 23.4 Å². The van der Waals surface area contributed by atoms with Gasteiger partial charge < -0.3 is 4.90 Å². The third-order valence-corrected chi connectivity index (χ3v) is 5.45. The van der Waals surface area contributed by atoms with Gasteiger partial charge in [0.2, 0.25) is 5.91 Å². The number of benzene rings is 1. The maximum Gasteiger partial charge on any atom is 0.240 e. The van der Waals surface area contributed by atoms with Crippen LogP contribution in [0, 0.1) is 11.3 Å². The van der Waals surface area contributed by atoms with Crippen molar-refractivity contribution < 1.29 is 4.79 Å². The molecule has 3 aromatic rings. The molecule has 1 atom stereocenters. The number of anilines is 1. The molecule has 0 fully saturated rings. The lowest BCUT2D eigenvalue weighted by Gasteiger charge is -2.24. The van der Waals surface area contributed by atoms with Crippen molar-refractivity contribution in [1.29, 1.82) is 5.26 Å². The van der Waals surface area contributed by atoms with Gasteiger partial charge in [-0.15, -0.1) is 16.8 Å². The largest absolute Gasteiger partial charge is 0.310 e. The van der Waals surface area contributed by atoms with E-state index in [1.165, 1.54) is 11.8 Å². The molecule has 0 bridgehead atoms. The first kappa shape index (κ1) is 21.3. The van der Waals surface area contributed by atoms with Gasteiger partial charge in [0.15, 0.2) is 11.0 Å². The number of carbonyl (C=O) groups is 1. The summed E-state index contributed by atoms with van der Waals surface area (Å²) < 4.78 is 1.93.